The average Bonchev–Trinajstić information content (AvgIpc) is 2.70. The number of imide groups is 1. The van der Waals surface area contributed by atoms with E-state index in [2.05, 4.69) is 17.6 Å². The number of carbonyl (C=O) groups excluding carboxylic acids is 3. The Morgan fingerprint density at radius 1 is 1.38 bits per heavy atom. The minimum absolute atomic E-state index is 0. The number of hydrogen-bond acceptors (Lipinski definition) is 4. The Labute approximate surface area is 149 Å². The lowest BCUT2D eigenvalue weighted by atomic mass is 9.75. The van der Waals surface area contributed by atoms with Gasteiger partial charge in [-0.05, 0) is 45.4 Å². The van der Waals surface area contributed by atoms with Gasteiger partial charge in [-0.1, -0.05) is 13.3 Å². The largest absolute Gasteiger partial charge is 0.353 e. The molecule has 4 N–H and O–H groups in total. The topological polar surface area (TPSA) is 105 Å². The van der Waals surface area contributed by atoms with Crippen molar-refractivity contribution >= 4 is 30.3 Å². The van der Waals surface area contributed by atoms with E-state index in [0.29, 0.717) is 25.3 Å². The first-order valence-electron chi connectivity index (χ1n) is 8.36. The molecule has 1 spiro atoms. The number of hydrogen-bond donors (Lipinski definition) is 3. The summed E-state index contributed by atoms with van der Waals surface area (Å²) in [5, 5.41) is 5.48. The van der Waals surface area contributed by atoms with E-state index in [9.17, 15) is 14.4 Å². The van der Waals surface area contributed by atoms with Crippen LogP contribution in [0.4, 0.5) is 4.79 Å². The van der Waals surface area contributed by atoms with Gasteiger partial charge in [-0.2, -0.15) is 0 Å². The number of halogens is 1. The second kappa shape index (κ2) is 7.70. The van der Waals surface area contributed by atoms with E-state index in [1.807, 2.05) is 0 Å². The number of carbonyl (C=O) groups is 3. The number of amides is 4. The maximum Gasteiger partial charge on any atom is 0.325 e. The maximum absolute atomic E-state index is 12.7. The van der Waals surface area contributed by atoms with Crippen LogP contribution in [0.2, 0.25) is 0 Å². The van der Waals surface area contributed by atoms with Crippen LogP contribution in [-0.4, -0.2) is 46.9 Å². The number of rotatable bonds is 5. The lowest BCUT2D eigenvalue weighted by Crippen LogP contribution is -2.51. The molecule has 2 aliphatic rings. The zero-order chi connectivity index (χ0) is 17.3. The summed E-state index contributed by atoms with van der Waals surface area (Å²) in [6.45, 7) is 5.77. The van der Waals surface area contributed by atoms with E-state index in [4.69, 9.17) is 5.73 Å². The van der Waals surface area contributed by atoms with Crippen LogP contribution >= 0.6 is 12.4 Å². The highest BCUT2D eigenvalue weighted by Crippen LogP contribution is 2.37. The smallest absolute Gasteiger partial charge is 0.325 e. The monoisotopic (exact) mass is 360 g/mol. The molecule has 0 aromatic carbocycles. The summed E-state index contributed by atoms with van der Waals surface area (Å²) in [5.41, 5.74) is 4.48. The fourth-order valence-corrected chi connectivity index (χ4v) is 3.26. The summed E-state index contributed by atoms with van der Waals surface area (Å²) in [7, 11) is 0. The van der Waals surface area contributed by atoms with Gasteiger partial charge in [0, 0.05) is 12.1 Å². The van der Waals surface area contributed by atoms with Crippen LogP contribution in [0.1, 0.15) is 52.9 Å². The third-order valence-corrected chi connectivity index (χ3v) is 4.82. The Balaban J connectivity index is 0.00000288. The Morgan fingerprint density at radius 3 is 2.46 bits per heavy atom. The Morgan fingerprint density at radius 2 is 1.96 bits per heavy atom. The van der Waals surface area contributed by atoms with Crippen LogP contribution in [-0.2, 0) is 9.59 Å². The Kier molecular flexibility index (Phi) is 6.64. The SMILES string of the molecule is CCC1CCC2(CC1)NC(=O)N(CC(=O)NCC(C)(C)N)C2=O.Cl. The molecule has 0 aromatic heterocycles. The zero-order valence-electron chi connectivity index (χ0n) is 14.7. The molecule has 0 atom stereocenters. The second-order valence-corrected chi connectivity index (χ2v) is 7.52. The molecule has 138 valence electrons. The maximum atomic E-state index is 12.7. The minimum Gasteiger partial charge on any atom is -0.353 e. The molecule has 0 unspecified atom stereocenters. The standard InChI is InChI=1S/C16H28N4O3.ClH/c1-4-11-5-7-16(8-6-11)13(22)20(14(23)19-16)9-12(21)18-10-15(2,3)17;/h11H,4-10,17H2,1-3H3,(H,18,21)(H,19,23);1H. The first-order chi connectivity index (χ1) is 10.7. The molecule has 0 aromatic rings. The first-order valence-corrected chi connectivity index (χ1v) is 8.36. The molecule has 0 bridgehead atoms. The van der Waals surface area contributed by atoms with Gasteiger partial charge in [0.2, 0.25) is 5.91 Å². The van der Waals surface area contributed by atoms with Gasteiger partial charge in [-0.25, -0.2) is 4.79 Å². The molecule has 1 saturated heterocycles. The van der Waals surface area contributed by atoms with E-state index >= 15 is 0 Å². The van der Waals surface area contributed by atoms with Crippen molar-refractivity contribution in [1.29, 1.82) is 0 Å². The molecular weight excluding hydrogens is 332 g/mol. The summed E-state index contributed by atoms with van der Waals surface area (Å²) < 4.78 is 0. The molecule has 7 nitrogen and oxygen atoms in total. The quantitative estimate of drug-likeness (QED) is 0.639. The lowest BCUT2D eigenvalue weighted by molar-refractivity contribution is -0.136. The van der Waals surface area contributed by atoms with Crippen LogP contribution in [0.5, 0.6) is 0 Å². The fourth-order valence-electron chi connectivity index (χ4n) is 3.26. The molecule has 0 radical (unpaired) electrons. The van der Waals surface area contributed by atoms with Crippen LogP contribution in [0.15, 0.2) is 0 Å². The zero-order valence-corrected chi connectivity index (χ0v) is 15.5. The van der Waals surface area contributed by atoms with E-state index < -0.39 is 17.1 Å². The average molecular weight is 361 g/mol. The third-order valence-electron chi connectivity index (χ3n) is 4.82. The van der Waals surface area contributed by atoms with Crippen LogP contribution in [0.3, 0.4) is 0 Å². The van der Waals surface area contributed by atoms with Crippen molar-refractivity contribution in [3.63, 3.8) is 0 Å². The van der Waals surface area contributed by atoms with Gasteiger partial charge in [-0.15, -0.1) is 12.4 Å². The van der Waals surface area contributed by atoms with E-state index in [1.54, 1.807) is 13.8 Å². The van der Waals surface area contributed by atoms with Gasteiger partial charge in [0.05, 0.1) is 0 Å². The van der Waals surface area contributed by atoms with Gasteiger partial charge in [0.15, 0.2) is 0 Å². The Hall–Kier alpha value is -1.34. The molecule has 24 heavy (non-hydrogen) atoms. The van der Waals surface area contributed by atoms with Crippen molar-refractivity contribution < 1.29 is 14.4 Å². The Bertz CT molecular complexity index is 496. The molecule has 1 aliphatic carbocycles. The lowest BCUT2D eigenvalue weighted by Gasteiger charge is -2.34. The van der Waals surface area contributed by atoms with Gasteiger partial charge in [0.1, 0.15) is 12.1 Å². The van der Waals surface area contributed by atoms with Gasteiger partial charge < -0.3 is 16.4 Å². The van der Waals surface area contributed by atoms with Crippen molar-refractivity contribution in [3.8, 4) is 0 Å². The summed E-state index contributed by atoms with van der Waals surface area (Å²) in [4.78, 5) is 37.8. The van der Waals surface area contributed by atoms with Crippen LogP contribution < -0.4 is 16.4 Å². The van der Waals surface area contributed by atoms with Gasteiger partial charge >= 0.3 is 6.03 Å². The number of nitrogens with one attached hydrogen (secondary N) is 2. The van der Waals surface area contributed by atoms with Crippen molar-refractivity contribution in [2.45, 2.75) is 64.0 Å². The molecule has 2 fully saturated rings. The summed E-state index contributed by atoms with van der Waals surface area (Å²) >= 11 is 0. The molecule has 4 amide bonds. The molecular formula is C16H29ClN4O3. The van der Waals surface area contributed by atoms with E-state index in [1.165, 1.54) is 0 Å². The second-order valence-electron chi connectivity index (χ2n) is 7.52. The first kappa shape index (κ1) is 20.7. The van der Waals surface area contributed by atoms with Gasteiger partial charge in [0.25, 0.3) is 5.91 Å². The molecule has 8 heteroatoms. The predicted octanol–water partition coefficient (Wildman–Crippen LogP) is 1.15. The highest BCUT2D eigenvalue weighted by molar-refractivity contribution is 6.09. The van der Waals surface area contributed by atoms with Crippen molar-refractivity contribution in [1.82, 2.24) is 15.5 Å². The fraction of sp³-hybridized carbons (Fsp3) is 0.812. The van der Waals surface area contributed by atoms with E-state index in [0.717, 1.165) is 24.2 Å². The molecule has 1 heterocycles. The van der Waals surface area contributed by atoms with E-state index in [-0.39, 0.29) is 30.8 Å². The minimum atomic E-state index is -0.795. The van der Waals surface area contributed by atoms with Crippen molar-refractivity contribution in [3.05, 3.63) is 0 Å². The molecule has 2 rings (SSSR count). The highest BCUT2D eigenvalue weighted by atomic mass is 35.5. The molecule has 1 aliphatic heterocycles. The van der Waals surface area contributed by atoms with Gasteiger partial charge in [-0.3, -0.25) is 14.5 Å². The number of urea groups is 1. The summed E-state index contributed by atoms with van der Waals surface area (Å²) in [5.74, 6) is -0.0139. The van der Waals surface area contributed by atoms with Crippen LogP contribution in [0, 0.1) is 5.92 Å². The number of nitrogens with zero attached hydrogens (tertiary/aromatic N) is 1. The normalized spacial score (nSPS) is 27.0. The summed E-state index contributed by atoms with van der Waals surface area (Å²) in [6, 6.07) is -0.466. The number of nitrogens with two attached hydrogens (primary N) is 1. The molecule has 1 saturated carbocycles. The van der Waals surface area contributed by atoms with Crippen molar-refractivity contribution in [2.75, 3.05) is 13.1 Å². The van der Waals surface area contributed by atoms with Crippen molar-refractivity contribution in [2.24, 2.45) is 11.7 Å². The van der Waals surface area contributed by atoms with Crippen LogP contribution in [0.25, 0.3) is 0 Å². The third kappa shape index (κ3) is 4.60. The predicted molar refractivity (Wildman–Crippen MR) is 93.7 cm³/mol. The summed E-state index contributed by atoms with van der Waals surface area (Å²) in [6.07, 6.45) is 4.28. The highest BCUT2D eigenvalue weighted by Gasteiger charge is 2.52.